The summed E-state index contributed by atoms with van der Waals surface area (Å²) in [5.74, 6) is 4.85. The Morgan fingerprint density at radius 2 is 1.85 bits per heavy atom. The van der Waals surface area contributed by atoms with E-state index in [0.29, 0.717) is 22.7 Å². The molecule has 4 aliphatic carbocycles. The molecular weight excluding hydrogens is 328 g/mol. The van der Waals surface area contributed by atoms with Crippen LogP contribution in [0.15, 0.2) is 23.8 Å². The highest BCUT2D eigenvalue weighted by Crippen LogP contribution is 2.67. The molecule has 0 unspecified atom stereocenters. The van der Waals surface area contributed by atoms with Crippen LogP contribution in [0, 0.1) is 46.3 Å². The van der Waals surface area contributed by atoms with E-state index in [0.717, 1.165) is 30.1 Å². The van der Waals surface area contributed by atoms with E-state index in [2.05, 4.69) is 52.8 Å². The van der Waals surface area contributed by atoms with Crippen LogP contribution in [0.2, 0.25) is 0 Å². The lowest BCUT2D eigenvalue weighted by atomic mass is 9.49. The SMILES string of the molecule is CC[C@H](C)/C=C\[C@@H](C)[C@H]1CC[C@H]2[C@@H]3CC=C4[C@@H](O)CC[C@]4(C)[C@H]3CC[C@]12C. The predicted molar refractivity (Wildman–Crippen MR) is 114 cm³/mol. The Morgan fingerprint density at radius 3 is 2.59 bits per heavy atom. The van der Waals surface area contributed by atoms with Crippen LogP contribution in [0.25, 0.3) is 0 Å². The lowest BCUT2D eigenvalue weighted by molar-refractivity contribution is -0.0384. The first-order chi connectivity index (χ1) is 12.8. The van der Waals surface area contributed by atoms with Crippen LogP contribution in [0.1, 0.15) is 86.0 Å². The van der Waals surface area contributed by atoms with Crippen LogP contribution in [0.3, 0.4) is 0 Å². The minimum absolute atomic E-state index is 0.147. The zero-order chi connectivity index (χ0) is 19.4. The van der Waals surface area contributed by atoms with Crippen LogP contribution in [-0.2, 0) is 0 Å². The van der Waals surface area contributed by atoms with Crippen molar-refractivity contribution in [2.45, 2.75) is 92.1 Å². The Bertz CT molecular complexity index is 618. The number of hydrogen-bond donors (Lipinski definition) is 1. The topological polar surface area (TPSA) is 20.2 Å². The highest BCUT2D eigenvalue weighted by molar-refractivity contribution is 5.29. The molecule has 0 aromatic rings. The van der Waals surface area contributed by atoms with Gasteiger partial charge in [0.1, 0.15) is 0 Å². The Hall–Kier alpha value is -0.560. The maximum absolute atomic E-state index is 10.5. The van der Waals surface area contributed by atoms with Crippen LogP contribution in [-0.4, -0.2) is 11.2 Å². The highest BCUT2D eigenvalue weighted by atomic mass is 16.3. The number of aliphatic hydroxyl groups excluding tert-OH is 1. The summed E-state index contributed by atoms with van der Waals surface area (Å²) < 4.78 is 0. The molecule has 0 saturated heterocycles. The first-order valence-electron chi connectivity index (χ1n) is 11.9. The van der Waals surface area contributed by atoms with Gasteiger partial charge in [-0.3, -0.25) is 0 Å². The normalized spacial score (nSPS) is 48.7. The predicted octanol–water partition coefficient (Wildman–Crippen LogP) is 6.77. The van der Waals surface area contributed by atoms with Crippen LogP contribution in [0.4, 0.5) is 0 Å². The third-order valence-corrected chi connectivity index (χ3v) is 9.92. The Morgan fingerprint density at radius 1 is 1.07 bits per heavy atom. The van der Waals surface area contributed by atoms with E-state index in [-0.39, 0.29) is 6.10 Å². The first kappa shape index (κ1) is 19.7. The molecule has 1 nitrogen and oxygen atoms in total. The van der Waals surface area contributed by atoms with Crippen LogP contribution >= 0.6 is 0 Å². The fraction of sp³-hybridized carbons (Fsp3) is 0.846. The van der Waals surface area contributed by atoms with Crippen LogP contribution in [0.5, 0.6) is 0 Å². The van der Waals surface area contributed by atoms with E-state index in [1.54, 1.807) is 0 Å². The van der Waals surface area contributed by atoms with Crippen molar-refractivity contribution in [3.05, 3.63) is 23.8 Å². The molecule has 4 aliphatic rings. The number of fused-ring (bicyclic) bond motifs is 5. The largest absolute Gasteiger partial charge is 0.389 e. The third-order valence-electron chi connectivity index (χ3n) is 9.92. The van der Waals surface area contributed by atoms with E-state index in [9.17, 15) is 5.11 Å². The Labute approximate surface area is 167 Å². The van der Waals surface area contributed by atoms with Gasteiger partial charge in [0.25, 0.3) is 0 Å². The Kier molecular flexibility index (Phi) is 5.15. The van der Waals surface area contributed by atoms with Crippen molar-refractivity contribution in [3.8, 4) is 0 Å². The van der Waals surface area contributed by atoms with E-state index < -0.39 is 0 Å². The van der Waals surface area contributed by atoms with Gasteiger partial charge in [-0.15, -0.1) is 0 Å². The van der Waals surface area contributed by atoms with Gasteiger partial charge in [-0.05, 0) is 96.9 Å². The van der Waals surface area contributed by atoms with Gasteiger partial charge in [0.05, 0.1) is 6.10 Å². The molecule has 0 aromatic carbocycles. The second-order valence-corrected chi connectivity index (χ2v) is 11.1. The monoisotopic (exact) mass is 370 g/mol. The van der Waals surface area contributed by atoms with E-state index >= 15 is 0 Å². The average molecular weight is 371 g/mol. The van der Waals surface area contributed by atoms with Crippen molar-refractivity contribution in [3.63, 3.8) is 0 Å². The molecular formula is C26H42O. The summed E-state index contributed by atoms with van der Waals surface area (Å²) >= 11 is 0. The molecule has 3 fully saturated rings. The zero-order valence-electron chi connectivity index (χ0n) is 18.4. The third kappa shape index (κ3) is 2.98. The van der Waals surface area contributed by atoms with Gasteiger partial charge in [-0.2, -0.15) is 0 Å². The summed E-state index contributed by atoms with van der Waals surface area (Å²) in [6.07, 6.45) is 17.7. The number of aliphatic hydroxyl groups is 1. The minimum Gasteiger partial charge on any atom is -0.389 e. The van der Waals surface area contributed by atoms with Crippen LogP contribution < -0.4 is 0 Å². The number of hydrogen-bond acceptors (Lipinski definition) is 1. The summed E-state index contributed by atoms with van der Waals surface area (Å²) in [6.45, 7) is 12.2. The zero-order valence-corrected chi connectivity index (χ0v) is 18.4. The second kappa shape index (κ2) is 7.05. The summed E-state index contributed by atoms with van der Waals surface area (Å²) in [4.78, 5) is 0. The minimum atomic E-state index is -0.147. The molecule has 152 valence electrons. The van der Waals surface area contributed by atoms with E-state index in [4.69, 9.17) is 0 Å². The lowest BCUT2D eigenvalue weighted by Crippen LogP contribution is -2.48. The van der Waals surface area contributed by atoms with Crippen molar-refractivity contribution < 1.29 is 5.11 Å². The van der Waals surface area contributed by atoms with Gasteiger partial charge >= 0.3 is 0 Å². The first-order valence-corrected chi connectivity index (χ1v) is 11.9. The second-order valence-electron chi connectivity index (χ2n) is 11.1. The number of rotatable bonds is 4. The summed E-state index contributed by atoms with van der Waals surface area (Å²) in [5.41, 5.74) is 2.23. The molecule has 0 heterocycles. The van der Waals surface area contributed by atoms with E-state index in [1.807, 2.05) is 0 Å². The summed E-state index contributed by atoms with van der Waals surface area (Å²) in [5, 5.41) is 10.5. The smallest absolute Gasteiger partial charge is 0.0755 e. The standard InChI is InChI=1S/C26H42O/c1-6-17(2)7-8-18(3)20-11-12-21-19-9-10-23-24(27)14-16-26(23,5)22(19)13-15-25(20,21)4/h7-8,10,17-22,24,27H,6,9,11-16H2,1-5H3/b8-7-/t17-,18+,19-,20+,21-,22-,24-,25+,26+/m0/s1. The van der Waals surface area contributed by atoms with Gasteiger partial charge < -0.3 is 5.11 Å². The highest BCUT2D eigenvalue weighted by Gasteiger charge is 2.59. The fourth-order valence-electron chi connectivity index (χ4n) is 8.10. The van der Waals surface area contributed by atoms with Crippen molar-refractivity contribution in [2.75, 3.05) is 0 Å². The van der Waals surface area contributed by atoms with Crippen molar-refractivity contribution in [1.82, 2.24) is 0 Å². The summed E-state index contributed by atoms with van der Waals surface area (Å²) in [6, 6.07) is 0. The number of allylic oxidation sites excluding steroid dienone is 3. The van der Waals surface area contributed by atoms with Gasteiger partial charge in [0.15, 0.2) is 0 Å². The van der Waals surface area contributed by atoms with Gasteiger partial charge in [0, 0.05) is 0 Å². The van der Waals surface area contributed by atoms with Crippen molar-refractivity contribution >= 4 is 0 Å². The lowest BCUT2D eigenvalue weighted by Gasteiger charge is -2.56. The molecule has 4 rings (SSSR count). The molecule has 0 aromatic heterocycles. The van der Waals surface area contributed by atoms with Gasteiger partial charge in [-0.25, -0.2) is 0 Å². The molecule has 1 heteroatoms. The molecule has 9 atom stereocenters. The molecule has 3 saturated carbocycles. The molecule has 0 spiro atoms. The maximum atomic E-state index is 10.5. The average Bonchev–Trinajstić information content (AvgIpc) is 3.16. The van der Waals surface area contributed by atoms with Gasteiger partial charge in [-0.1, -0.05) is 59.3 Å². The van der Waals surface area contributed by atoms with Gasteiger partial charge in [0.2, 0.25) is 0 Å². The maximum Gasteiger partial charge on any atom is 0.0755 e. The van der Waals surface area contributed by atoms with E-state index in [1.165, 1.54) is 50.5 Å². The Balaban J connectivity index is 1.55. The quantitative estimate of drug-likeness (QED) is 0.541. The van der Waals surface area contributed by atoms with Crippen molar-refractivity contribution in [2.24, 2.45) is 46.3 Å². The fourth-order valence-corrected chi connectivity index (χ4v) is 8.10. The van der Waals surface area contributed by atoms with Crippen molar-refractivity contribution in [1.29, 1.82) is 0 Å². The molecule has 0 radical (unpaired) electrons. The molecule has 0 aliphatic heterocycles. The molecule has 0 amide bonds. The summed E-state index contributed by atoms with van der Waals surface area (Å²) in [7, 11) is 0. The molecule has 0 bridgehead atoms. The molecule has 1 N–H and O–H groups in total. The molecule has 27 heavy (non-hydrogen) atoms.